The van der Waals surface area contributed by atoms with E-state index >= 15 is 0 Å². The molecule has 0 amide bonds. The molecule has 0 saturated heterocycles. The number of hydrogen-bond donors (Lipinski definition) is 0. The Bertz CT molecular complexity index is 373. The third kappa shape index (κ3) is 2.83. The second-order valence-electron chi connectivity index (χ2n) is 2.81. The molecule has 1 aromatic rings. The quantitative estimate of drug-likeness (QED) is 0.775. The number of aromatic nitrogens is 1. The zero-order chi connectivity index (χ0) is 10.4. The van der Waals surface area contributed by atoms with Crippen LogP contribution in [0.25, 0.3) is 0 Å². The van der Waals surface area contributed by atoms with Crippen LogP contribution in [0, 0.1) is 22.7 Å². The lowest BCUT2D eigenvalue weighted by atomic mass is 9.98. The number of hydrogen-bond acceptors (Lipinski definition) is 3. The summed E-state index contributed by atoms with van der Waals surface area (Å²) in [6, 6.07) is 9.64. The Kier molecular flexibility index (Phi) is 4.10. The lowest BCUT2D eigenvalue weighted by Gasteiger charge is -2.08. The summed E-state index contributed by atoms with van der Waals surface area (Å²) in [7, 11) is 0. The molecule has 0 bridgehead atoms. The van der Waals surface area contributed by atoms with Crippen LogP contribution in [0.3, 0.4) is 0 Å². The molecule has 0 N–H and O–H groups in total. The maximum absolute atomic E-state index is 8.60. The van der Waals surface area contributed by atoms with E-state index in [0.717, 1.165) is 10.3 Å². The van der Waals surface area contributed by atoms with Gasteiger partial charge in [-0.3, -0.25) is 0 Å². The molecule has 0 aliphatic heterocycles. The van der Waals surface area contributed by atoms with E-state index < -0.39 is 0 Å². The SMILES string of the molecule is N#CCC(CC#N)c1cccc(Br)n1. The normalized spacial score (nSPS) is 9.43. The van der Waals surface area contributed by atoms with E-state index in [2.05, 4.69) is 33.1 Å². The first kappa shape index (κ1) is 10.7. The third-order valence-electron chi connectivity index (χ3n) is 1.83. The van der Waals surface area contributed by atoms with E-state index in [1.807, 2.05) is 18.2 Å². The van der Waals surface area contributed by atoms with Gasteiger partial charge in [-0.1, -0.05) is 6.07 Å². The molecule has 4 heteroatoms. The standard InChI is InChI=1S/C10H8BrN3/c11-10-3-1-2-9(14-10)8(4-6-12)5-7-13/h1-3,8H,4-5H2. The average molecular weight is 250 g/mol. The summed E-state index contributed by atoms with van der Waals surface area (Å²) in [5.74, 6) is -0.0810. The predicted molar refractivity (Wildman–Crippen MR) is 55.1 cm³/mol. The summed E-state index contributed by atoms with van der Waals surface area (Å²) in [6.45, 7) is 0. The second-order valence-corrected chi connectivity index (χ2v) is 3.62. The summed E-state index contributed by atoms with van der Waals surface area (Å²) in [5.41, 5.74) is 0.794. The van der Waals surface area contributed by atoms with Crippen LogP contribution < -0.4 is 0 Å². The molecule has 1 rings (SSSR count). The Morgan fingerprint density at radius 3 is 2.43 bits per heavy atom. The van der Waals surface area contributed by atoms with Crippen molar-refractivity contribution in [3.8, 4) is 12.1 Å². The van der Waals surface area contributed by atoms with E-state index in [1.54, 1.807) is 0 Å². The Morgan fingerprint density at radius 2 is 1.93 bits per heavy atom. The molecule has 0 unspecified atom stereocenters. The van der Waals surface area contributed by atoms with Crippen molar-refractivity contribution in [3.63, 3.8) is 0 Å². The van der Waals surface area contributed by atoms with Crippen LogP contribution in [0.2, 0.25) is 0 Å². The number of rotatable bonds is 3. The summed E-state index contributed by atoms with van der Waals surface area (Å²) in [4.78, 5) is 4.23. The highest BCUT2D eigenvalue weighted by Crippen LogP contribution is 2.22. The van der Waals surface area contributed by atoms with Gasteiger partial charge >= 0.3 is 0 Å². The zero-order valence-electron chi connectivity index (χ0n) is 7.44. The minimum absolute atomic E-state index is 0.0810. The van der Waals surface area contributed by atoms with Gasteiger partial charge in [-0.25, -0.2) is 4.98 Å². The average Bonchev–Trinajstić information content (AvgIpc) is 2.17. The molecule has 0 atom stereocenters. The Balaban J connectivity index is 2.89. The molecule has 0 aliphatic carbocycles. The summed E-state index contributed by atoms with van der Waals surface area (Å²) < 4.78 is 0.732. The van der Waals surface area contributed by atoms with Crippen molar-refractivity contribution in [2.75, 3.05) is 0 Å². The van der Waals surface area contributed by atoms with Gasteiger partial charge in [0.25, 0.3) is 0 Å². The molecule has 14 heavy (non-hydrogen) atoms. The van der Waals surface area contributed by atoms with Crippen LogP contribution in [0.4, 0.5) is 0 Å². The van der Waals surface area contributed by atoms with E-state index in [1.165, 1.54) is 0 Å². The van der Waals surface area contributed by atoms with Crippen LogP contribution in [0.15, 0.2) is 22.8 Å². The highest BCUT2D eigenvalue weighted by molar-refractivity contribution is 9.10. The molecule has 3 nitrogen and oxygen atoms in total. The van der Waals surface area contributed by atoms with Crippen molar-refractivity contribution in [1.82, 2.24) is 4.98 Å². The topological polar surface area (TPSA) is 60.5 Å². The van der Waals surface area contributed by atoms with Crippen molar-refractivity contribution in [1.29, 1.82) is 10.5 Å². The number of nitrogens with zero attached hydrogens (tertiary/aromatic N) is 3. The van der Waals surface area contributed by atoms with E-state index in [-0.39, 0.29) is 5.92 Å². The highest BCUT2D eigenvalue weighted by atomic mass is 79.9. The predicted octanol–water partition coefficient (Wildman–Crippen LogP) is 2.76. The largest absolute Gasteiger partial charge is 0.246 e. The maximum atomic E-state index is 8.60. The minimum Gasteiger partial charge on any atom is -0.246 e. The fraction of sp³-hybridized carbons (Fsp3) is 0.300. The molecule has 1 heterocycles. The van der Waals surface area contributed by atoms with Gasteiger partial charge in [0.15, 0.2) is 0 Å². The van der Waals surface area contributed by atoms with Crippen molar-refractivity contribution < 1.29 is 0 Å². The van der Waals surface area contributed by atoms with Gasteiger partial charge in [-0.05, 0) is 28.1 Å². The van der Waals surface area contributed by atoms with E-state index in [9.17, 15) is 0 Å². The first-order valence-electron chi connectivity index (χ1n) is 4.14. The van der Waals surface area contributed by atoms with Crippen LogP contribution in [0.5, 0.6) is 0 Å². The van der Waals surface area contributed by atoms with Gasteiger partial charge in [-0.15, -0.1) is 0 Å². The van der Waals surface area contributed by atoms with Gasteiger partial charge in [0.2, 0.25) is 0 Å². The minimum atomic E-state index is -0.0810. The van der Waals surface area contributed by atoms with Gasteiger partial charge in [0, 0.05) is 24.5 Å². The van der Waals surface area contributed by atoms with E-state index in [0.29, 0.717) is 12.8 Å². The highest BCUT2D eigenvalue weighted by Gasteiger charge is 2.12. The third-order valence-corrected chi connectivity index (χ3v) is 2.27. The van der Waals surface area contributed by atoms with Gasteiger partial charge in [0.05, 0.1) is 12.1 Å². The van der Waals surface area contributed by atoms with Gasteiger partial charge in [0.1, 0.15) is 4.60 Å². The lowest BCUT2D eigenvalue weighted by Crippen LogP contribution is -1.99. The van der Waals surface area contributed by atoms with Crippen molar-refractivity contribution >= 4 is 15.9 Å². The fourth-order valence-corrected chi connectivity index (χ4v) is 1.51. The molecule has 0 fully saturated rings. The molecule has 0 aromatic carbocycles. The Labute approximate surface area is 91.1 Å². The number of nitriles is 2. The fourth-order valence-electron chi connectivity index (χ4n) is 1.15. The van der Waals surface area contributed by atoms with Crippen molar-refractivity contribution in [3.05, 3.63) is 28.5 Å². The first-order valence-corrected chi connectivity index (χ1v) is 4.93. The smallest absolute Gasteiger partial charge is 0.106 e. The monoisotopic (exact) mass is 249 g/mol. The maximum Gasteiger partial charge on any atom is 0.106 e. The Hall–Kier alpha value is -1.39. The van der Waals surface area contributed by atoms with Crippen LogP contribution >= 0.6 is 15.9 Å². The molecule has 0 aliphatic rings. The summed E-state index contributed by atoms with van der Waals surface area (Å²) >= 11 is 3.26. The number of pyridine rings is 1. The molecule has 0 spiro atoms. The van der Waals surface area contributed by atoms with Crippen LogP contribution in [-0.2, 0) is 0 Å². The van der Waals surface area contributed by atoms with Crippen LogP contribution in [-0.4, -0.2) is 4.98 Å². The molecule has 70 valence electrons. The number of halogens is 1. The molecule has 1 aromatic heterocycles. The van der Waals surface area contributed by atoms with Crippen molar-refractivity contribution in [2.24, 2.45) is 0 Å². The summed E-state index contributed by atoms with van der Waals surface area (Å²) in [5, 5.41) is 17.2. The van der Waals surface area contributed by atoms with Crippen LogP contribution in [0.1, 0.15) is 24.5 Å². The molecule has 0 saturated carbocycles. The first-order chi connectivity index (χ1) is 6.77. The summed E-state index contributed by atoms with van der Waals surface area (Å²) in [6.07, 6.45) is 0.661. The van der Waals surface area contributed by atoms with Crippen molar-refractivity contribution in [2.45, 2.75) is 18.8 Å². The zero-order valence-corrected chi connectivity index (χ0v) is 9.03. The second kappa shape index (κ2) is 5.36. The molecular formula is C10H8BrN3. The molecular weight excluding hydrogens is 242 g/mol. The lowest BCUT2D eigenvalue weighted by molar-refractivity contribution is 0.698. The molecule has 0 radical (unpaired) electrons. The van der Waals surface area contributed by atoms with Gasteiger partial charge in [-0.2, -0.15) is 10.5 Å². The van der Waals surface area contributed by atoms with E-state index in [4.69, 9.17) is 10.5 Å². The Morgan fingerprint density at radius 1 is 1.29 bits per heavy atom. The van der Waals surface area contributed by atoms with Gasteiger partial charge < -0.3 is 0 Å².